The highest BCUT2D eigenvalue weighted by Crippen LogP contribution is 2.37. The lowest BCUT2D eigenvalue weighted by molar-refractivity contribution is -0.143. The van der Waals surface area contributed by atoms with E-state index in [1.807, 2.05) is 30.3 Å². The van der Waals surface area contributed by atoms with Gasteiger partial charge in [0.15, 0.2) is 16.3 Å². The first-order valence-corrected chi connectivity index (χ1v) is 15.6. The van der Waals surface area contributed by atoms with Crippen molar-refractivity contribution in [3.63, 3.8) is 0 Å². The van der Waals surface area contributed by atoms with Gasteiger partial charge in [-0.2, -0.15) is 5.26 Å². The lowest BCUT2D eigenvalue weighted by Crippen LogP contribution is -2.40. The van der Waals surface area contributed by atoms with E-state index in [1.165, 1.54) is 11.3 Å². The first kappa shape index (κ1) is 31.8. The van der Waals surface area contributed by atoms with E-state index < -0.39 is 12.0 Å². The highest BCUT2D eigenvalue weighted by atomic mass is 79.9. The molecular weight excluding hydrogens is 658 g/mol. The lowest BCUT2D eigenvalue weighted by atomic mass is 9.96. The van der Waals surface area contributed by atoms with Gasteiger partial charge in [-0.05, 0) is 95.9 Å². The number of ether oxygens (including phenoxy) is 4. The Kier molecular flexibility index (Phi) is 9.56. The predicted molar refractivity (Wildman–Crippen MR) is 174 cm³/mol. The van der Waals surface area contributed by atoms with Crippen molar-refractivity contribution in [1.29, 1.82) is 5.26 Å². The third-order valence-electron chi connectivity index (χ3n) is 7.03. The molecule has 11 heteroatoms. The Labute approximate surface area is 272 Å². The van der Waals surface area contributed by atoms with Crippen molar-refractivity contribution in [3.8, 4) is 23.3 Å². The number of rotatable bonds is 9. The summed E-state index contributed by atoms with van der Waals surface area (Å²) in [5, 5.41) is 9.04. The lowest BCUT2D eigenvalue weighted by Gasteiger charge is -2.25. The van der Waals surface area contributed by atoms with Crippen LogP contribution in [0.3, 0.4) is 0 Å². The van der Waals surface area contributed by atoms with Crippen LogP contribution in [0.15, 0.2) is 86.2 Å². The average molecular weight is 689 g/mol. The standard InChI is InChI=1S/C34H30BrN3O6S/c1-19(2)44-33(40)29-20(3)37-34-38(30(29)24-10-12-25(41-4)13-11-24)32(39)28(45-34)16-23-14-26(35)31(27(15-23)42-5)43-18-22-8-6-21(17-36)7-9-22/h6-16,19,30H,18H2,1-5H3/b28-16+/t30-/m1/s1. The number of methoxy groups -OCH3 is 2. The molecule has 230 valence electrons. The maximum atomic E-state index is 14.0. The number of nitrogens with zero attached hydrogens (tertiary/aromatic N) is 3. The van der Waals surface area contributed by atoms with Gasteiger partial charge in [-0.1, -0.05) is 35.6 Å². The first-order valence-electron chi connectivity index (χ1n) is 14.0. The molecule has 0 N–H and O–H groups in total. The summed E-state index contributed by atoms with van der Waals surface area (Å²) >= 11 is 4.83. The van der Waals surface area contributed by atoms with E-state index in [0.717, 1.165) is 11.1 Å². The molecule has 0 radical (unpaired) electrons. The van der Waals surface area contributed by atoms with Gasteiger partial charge in [-0.25, -0.2) is 9.79 Å². The Balaban J connectivity index is 1.55. The number of carbonyl (C=O) groups excluding carboxylic acids is 1. The summed E-state index contributed by atoms with van der Waals surface area (Å²) in [6, 6.07) is 19.4. The van der Waals surface area contributed by atoms with Crippen LogP contribution in [0, 0.1) is 11.3 Å². The monoisotopic (exact) mass is 687 g/mol. The molecule has 45 heavy (non-hydrogen) atoms. The SMILES string of the molecule is COc1ccc([C@@H]2C(C(=O)OC(C)C)=C(C)N=c3s/c(=C/c4cc(Br)c(OCc5ccc(C#N)cc5)c(OC)c4)c(=O)n32)cc1. The van der Waals surface area contributed by atoms with Gasteiger partial charge in [-0.3, -0.25) is 9.36 Å². The number of aromatic nitrogens is 1. The molecule has 0 bridgehead atoms. The Morgan fingerprint density at radius 1 is 1.11 bits per heavy atom. The minimum absolute atomic E-state index is 0.269. The van der Waals surface area contributed by atoms with Crippen LogP contribution in [-0.4, -0.2) is 30.9 Å². The minimum Gasteiger partial charge on any atom is -0.497 e. The third-order valence-corrected chi connectivity index (χ3v) is 8.60. The largest absolute Gasteiger partial charge is 0.497 e. The van der Waals surface area contributed by atoms with Crippen molar-refractivity contribution in [2.24, 2.45) is 4.99 Å². The molecule has 2 heterocycles. The normalized spacial score (nSPS) is 14.4. The number of fused-ring (bicyclic) bond motifs is 1. The van der Waals surface area contributed by atoms with E-state index in [4.69, 9.17) is 24.2 Å². The molecule has 0 saturated heterocycles. The Morgan fingerprint density at radius 3 is 2.44 bits per heavy atom. The highest BCUT2D eigenvalue weighted by molar-refractivity contribution is 9.10. The summed E-state index contributed by atoms with van der Waals surface area (Å²) in [4.78, 5) is 32.5. The number of halogens is 1. The zero-order valence-electron chi connectivity index (χ0n) is 25.3. The maximum absolute atomic E-state index is 14.0. The highest BCUT2D eigenvalue weighted by Gasteiger charge is 2.33. The van der Waals surface area contributed by atoms with E-state index in [1.54, 1.807) is 76.0 Å². The summed E-state index contributed by atoms with van der Waals surface area (Å²) in [7, 11) is 3.12. The van der Waals surface area contributed by atoms with E-state index >= 15 is 0 Å². The number of hydrogen-bond donors (Lipinski definition) is 0. The van der Waals surface area contributed by atoms with Crippen LogP contribution in [0.5, 0.6) is 17.2 Å². The molecular formula is C34H30BrN3O6S. The van der Waals surface area contributed by atoms with Gasteiger partial charge in [0.25, 0.3) is 5.56 Å². The van der Waals surface area contributed by atoms with Crippen molar-refractivity contribution in [2.75, 3.05) is 14.2 Å². The average Bonchev–Trinajstić information content (AvgIpc) is 3.33. The van der Waals surface area contributed by atoms with Crippen LogP contribution in [0.1, 0.15) is 49.1 Å². The Bertz CT molecular complexity index is 2010. The number of allylic oxidation sites excluding steroid dienone is 1. The van der Waals surface area contributed by atoms with Gasteiger partial charge in [0.05, 0.1) is 58.3 Å². The zero-order valence-corrected chi connectivity index (χ0v) is 27.7. The fourth-order valence-electron chi connectivity index (χ4n) is 4.91. The van der Waals surface area contributed by atoms with Crippen LogP contribution >= 0.6 is 27.3 Å². The van der Waals surface area contributed by atoms with E-state index in [2.05, 4.69) is 27.0 Å². The molecule has 1 aromatic heterocycles. The van der Waals surface area contributed by atoms with Gasteiger partial charge in [0.1, 0.15) is 12.4 Å². The number of carbonyl (C=O) groups is 1. The molecule has 1 aliphatic rings. The van der Waals surface area contributed by atoms with Crippen LogP contribution in [0.4, 0.5) is 0 Å². The second kappa shape index (κ2) is 13.5. The number of benzene rings is 3. The van der Waals surface area contributed by atoms with Gasteiger partial charge in [0.2, 0.25) is 0 Å². The van der Waals surface area contributed by atoms with Crippen LogP contribution in [0.2, 0.25) is 0 Å². The third kappa shape index (κ3) is 6.72. The fraction of sp³-hybridized carbons (Fsp3) is 0.235. The van der Waals surface area contributed by atoms with Gasteiger partial charge < -0.3 is 18.9 Å². The topological polar surface area (TPSA) is 112 Å². The van der Waals surface area contributed by atoms with Gasteiger partial charge in [-0.15, -0.1) is 0 Å². The van der Waals surface area contributed by atoms with Crippen molar-refractivity contribution in [3.05, 3.63) is 118 Å². The van der Waals surface area contributed by atoms with Crippen molar-refractivity contribution in [2.45, 2.75) is 39.5 Å². The van der Waals surface area contributed by atoms with Gasteiger partial charge >= 0.3 is 5.97 Å². The maximum Gasteiger partial charge on any atom is 0.338 e. The number of esters is 1. The molecule has 0 aliphatic carbocycles. The second-order valence-corrected chi connectivity index (χ2v) is 12.3. The van der Waals surface area contributed by atoms with E-state index in [-0.39, 0.29) is 18.3 Å². The molecule has 0 fully saturated rings. The van der Waals surface area contributed by atoms with Crippen molar-refractivity contribution < 1.29 is 23.7 Å². The van der Waals surface area contributed by atoms with E-state index in [0.29, 0.717) is 53.5 Å². The molecule has 9 nitrogen and oxygen atoms in total. The summed E-state index contributed by atoms with van der Waals surface area (Å²) in [5.74, 6) is 1.11. The summed E-state index contributed by atoms with van der Waals surface area (Å²) in [5.41, 5.74) is 3.39. The van der Waals surface area contributed by atoms with Crippen LogP contribution in [-0.2, 0) is 16.1 Å². The Morgan fingerprint density at radius 2 is 1.82 bits per heavy atom. The number of thiazole rings is 1. The molecule has 5 rings (SSSR count). The zero-order chi connectivity index (χ0) is 32.2. The predicted octanol–water partition coefficient (Wildman–Crippen LogP) is 5.42. The molecule has 0 saturated carbocycles. The smallest absolute Gasteiger partial charge is 0.338 e. The molecule has 1 atom stereocenters. The van der Waals surface area contributed by atoms with Gasteiger partial charge in [0, 0.05) is 0 Å². The number of nitriles is 1. The molecule has 0 amide bonds. The van der Waals surface area contributed by atoms with Crippen molar-refractivity contribution >= 4 is 39.3 Å². The summed E-state index contributed by atoms with van der Waals surface area (Å²) < 4.78 is 25.2. The molecule has 3 aromatic carbocycles. The molecule has 4 aromatic rings. The molecule has 1 aliphatic heterocycles. The first-order chi connectivity index (χ1) is 21.6. The summed E-state index contributed by atoms with van der Waals surface area (Å²) in [6.45, 7) is 5.58. The minimum atomic E-state index is -0.736. The Hall–Kier alpha value is -4.66. The van der Waals surface area contributed by atoms with Crippen LogP contribution < -0.4 is 29.1 Å². The quantitative estimate of drug-likeness (QED) is 0.216. The molecule has 0 unspecified atom stereocenters. The fourth-order valence-corrected chi connectivity index (χ4v) is 6.53. The van der Waals surface area contributed by atoms with E-state index in [9.17, 15) is 9.59 Å². The van der Waals surface area contributed by atoms with Crippen molar-refractivity contribution in [1.82, 2.24) is 4.57 Å². The second-order valence-electron chi connectivity index (χ2n) is 10.4. The number of hydrogen-bond acceptors (Lipinski definition) is 9. The van der Waals surface area contributed by atoms with Crippen LogP contribution in [0.25, 0.3) is 6.08 Å². The molecule has 0 spiro atoms. The summed E-state index contributed by atoms with van der Waals surface area (Å²) in [6.07, 6.45) is 1.42.